The molecule has 0 aliphatic heterocycles. The van der Waals surface area contributed by atoms with Gasteiger partial charge in [0.2, 0.25) is 6.43 Å². The first kappa shape index (κ1) is 11.7. The lowest BCUT2D eigenvalue weighted by Gasteiger charge is -2.08. The van der Waals surface area contributed by atoms with Crippen molar-refractivity contribution in [3.05, 3.63) is 0 Å². The molecule has 1 atom stereocenters. The van der Waals surface area contributed by atoms with Gasteiger partial charge >= 0.3 is 5.97 Å². The summed E-state index contributed by atoms with van der Waals surface area (Å²) in [7, 11) is 0. The van der Waals surface area contributed by atoms with Gasteiger partial charge in [0.25, 0.3) is 0 Å². The van der Waals surface area contributed by atoms with Crippen LogP contribution in [0.5, 0.6) is 0 Å². The van der Waals surface area contributed by atoms with E-state index in [2.05, 4.69) is 0 Å². The largest absolute Gasteiger partial charge is 0.480 e. The second-order valence-electron chi connectivity index (χ2n) is 2.29. The van der Waals surface area contributed by atoms with Crippen LogP contribution >= 0.6 is 11.8 Å². The number of carboxylic acids is 1. The van der Waals surface area contributed by atoms with Gasteiger partial charge in [0.1, 0.15) is 5.25 Å². The lowest BCUT2D eigenvalue weighted by atomic mass is 10.3. The summed E-state index contributed by atoms with van der Waals surface area (Å²) in [5, 5.41) is 7.99. The number of thioether (sulfide) groups is 1. The highest BCUT2D eigenvalue weighted by Gasteiger charge is 2.15. The summed E-state index contributed by atoms with van der Waals surface area (Å²) >= 11 is 1.08. The zero-order valence-corrected chi connectivity index (χ0v) is 7.61. The maximum Gasteiger partial charge on any atom is 0.316 e. The van der Waals surface area contributed by atoms with Crippen LogP contribution in [-0.4, -0.2) is 28.5 Å². The van der Waals surface area contributed by atoms with Crippen molar-refractivity contribution in [3.63, 3.8) is 0 Å². The highest BCUT2D eigenvalue weighted by molar-refractivity contribution is 8.00. The summed E-state index contributed by atoms with van der Waals surface area (Å²) in [6.45, 7) is 1.73. The van der Waals surface area contributed by atoms with Crippen molar-refractivity contribution in [2.75, 3.05) is 5.75 Å². The van der Waals surface area contributed by atoms with E-state index in [1.165, 1.54) is 0 Å². The molecule has 5 heteroatoms. The average Bonchev–Trinajstić information content (AvgIpc) is 1.96. The molecule has 0 aliphatic rings. The molecule has 0 fully saturated rings. The van der Waals surface area contributed by atoms with E-state index in [0.29, 0.717) is 6.42 Å². The number of alkyl halides is 2. The highest BCUT2D eigenvalue weighted by atomic mass is 32.2. The number of carbonyl (C=O) groups is 1. The minimum absolute atomic E-state index is 0.211. The summed E-state index contributed by atoms with van der Waals surface area (Å²) in [4.78, 5) is 10.4. The molecular formula is C7H12F2O2S. The van der Waals surface area contributed by atoms with Gasteiger partial charge in [0.05, 0.1) is 0 Å². The van der Waals surface area contributed by atoms with Crippen molar-refractivity contribution in [2.24, 2.45) is 0 Å². The molecule has 0 rings (SSSR count). The van der Waals surface area contributed by atoms with E-state index >= 15 is 0 Å². The Kier molecular flexibility index (Phi) is 6.06. The minimum Gasteiger partial charge on any atom is -0.480 e. The van der Waals surface area contributed by atoms with Gasteiger partial charge in [-0.05, 0) is 12.2 Å². The average molecular weight is 198 g/mol. The quantitative estimate of drug-likeness (QED) is 0.711. The molecule has 0 saturated carbocycles. The molecule has 0 aromatic carbocycles. The van der Waals surface area contributed by atoms with Crippen molar-refractivity contribution in [1.82, 2.24) is 0 Å². The molecule has 0 radical (unpaired) electrons. The van der Waals surface area contributed by atoms with Crippen molar-refractivity contribution in [2.45, 2.75) is 31.4 Å². The van der Waals surface area contributed by atoms with Gasteiger partial charge in [-0.25, -0.2) is 8.78 Å². The van der Waals surface area contributed by atoms with Gasteiger partial charge in [-0.3, -0.25) is 4.79 Å². The smallest absolute Gasteiger partial charge is 0.316 e. The maximum absolute atomic E-state index is 11.6. The summed E-state index contributed by atoms with van der Waals surface area (Å²) in [6, 6.07) is 0. The monoisotopic (exact) mass is 198 g/mol. The third-order valence-corrected chi connectivity index (χ3v) is 2.71. The molecule has 0 aliphatic carbocycles. The van der Waals surface area contributed by atoms with E-state index in [0.717, 1.165) is 11.8 Å². The van der Waals surface area contributed by atoms with Crippen LogP contribution in [0.25, 0.3) is 0 Å². The highest BCUT2D eigenvalue weighted by Crippen LogP contribution is 2.17. The van der Waals surface area contributed by atoms with Gasteiger partial charge in [-0.2, -0.15) is 0 Å². The minimum atomic E-state index is -2.33. The van der Waals surface area contributed by atoms with Crippen molar-refractivity contribution in [1.29, 1.82) is 0 Å². The molecule has 0 heterocycles. The zero-order chi connectivity index (χ0) is 9.56. The predicted octanol–water partition coefficient (Wildman–Crippen LogP) is 2.24. The van der Waals surface area contributed by atoms with E-state index in [9.17, 15) is 13.6 Å². The van der Waals surface area contributed by atoms with Crippen LogP contribution in [0.4, 0.5) is 8.78 Å². The molecule has 12 heavy (non-hydrogen) atoms. The molecule has 2 nitrogen and oxygen atoms in total. The van der Waals surface area contributed by atoms with Crippen LogP contribution < -0.4 is 0 Å². The molecule has 0 saturated heterocycles. The Bertz CT molecular complexity index is 141. The molecule has 1 N–H and O–H groups in total. The Morgan fingerprint density at radius 2 is 2.17 bits per heavy atom. The van der Waals surface area contributed by atoms with Crippen molar-refractivity contribution in [3.8, 4) is 0 Å². The molecule has 1 unspecified atom stereocenters. The number of rotatable bonds is 6. The van der Waals surface area contributed by atoms with Crippen LogP contribution in [-0.2, 0) is 4.79 Å². The van der Waals surface area contributed by atoms with E-state index < -0.39 is 17.6 Å². The summed E-state index contributed by atoms with van der Waals surface area (Å²) in [5.74, 6) is -0.709. The lowest BCUT2D eigenvalue weighted by Crippen LogP contribution is -2.15. The van der Waals surface area contributed by atoms with E-state index in [1.54, 1.807) is 6.92 Å². The van der Waals surface area contributed by atoms with Crippen LogP contribution in [0, 0.1) is 0 Å². The van der Waals surface area contributed by atoms with E-state index in [1.807, 2.05) is 0 Å². The first-order valence-corrected chi connectivity index (χ1v) is 4.75. The number of aliphatic carboxylic acids is 1. The Morgan fingerprint density at radius 3 is 2.50 bits per heavy atom. The Balaban J connectivity index is 3.52. The normalized spacial score (nSPS) is 13.3. The standard InChI is InChI=1S/C7H12F2O2S/c1-2-5(7(10)11)12-4-3-6(8)9/h5-6H,2-4H2,1H3,(H,10,11). The van der Waals surface area contributed by atoms with Crippen LogP contribution in [0.3, 0.4) is 0 Å². The van der Waals surface area contributed by atoms with Gasteiger partial charge in [-0.1, -0.05) is 6.92 Å². The van der Waals surface area contributed by atoms with Gasteiger partial charge < -0.3 is 5.11 Å². The summed E-state index contributed by atoms with van der Waals surface area (Å²) in [5.41, 5.74) is 0. The number of hydrogen-bond donors (Lipinski definition) is 1. The summed E-state index contributed by atoms with van der Waals surface area (Å²) < 4.78 is 23.3. The fraction of sp³-hybridized carbons (Fsp3) is 0.857. The van der Waals surface area contributed by atoms with E-state index in [-0.39, 0.29) is 12.2 Å². The molecular weight excluding hydrogens is 186 g/mol. The molecule has 0 spiro atoms. The first-order chi connectivity index (χ1) is 5.57. The maximum atomic E-state index is 11.6. The molecule has 0 aromatic rings. The van der Waals surface area contributed by atoms with Crippen LogP contribution in [0.2, 0.25) is 0 Å². The van der Waals surface area contributed by atoms with E-state index in [4.69, 9.17) is 5.11 Å². The molecule has 0 amide bonds. The molecule has 0 bridgehead atoms. The fourth-order valence-corrected chi connectivity index (χ4v) is 1.64. The molecule has 72 valence electrons. The Hall–Kier alpha value is -0.320. The van der Waals surface area contributed by atoms with Crippen molar-refractivity contribution < 1.29 is 18.7 Å². The Labute approximate surface area is 74.3 Å². The SMILES string of the molecule is CCC(SCCC(F)F)C(=O)O. The second kappa shape index (κ2) is 6.22. The predicted molar refractivity (Wildman–Crippen MR) is 44.8 cm³/mol. The van der Waals surface area contributed by atoms with Gasteiger partial charge in [0, 0.05) is 6.42 Å². The molecule has 0 aromatic heterocycles. The zero-order valence-electron chi connectivity index (χ0n) is 6.80. The van der Waals surface area contributed by atoms with Gasteiger partial charge in [0.15, 0.2) is 0 Å². The first-order valence-electron chi connectivity index (χ1n) is 3.70. The topological polar surface area (TPSA) is 37.3 Å². The number of carboxylic acid groups (broad SMARTS) is 1. The third-order valence-electron chi connectivity index (χ3n) is 1.30. The third kappa shape index (κ3) is 5.35. The van der Waals surface area contributed by atoms with Gasteiger partial charge in [-0.15, -0.1) is 11.8 Å². The lowest BCUT2D eigenvalue weighted by molar-refractivity contribution is -0.136. The second-order valence-corrected chi connectivity index (χ2v) is 3.60. The van der Waals surface area contributed by atoms with Crippen LogP contribution in [0.15, 0.2) is 0 Å². The summed E-state index contributed by atoms with van der Waals surface area (Å²) in [6.07, 6.45) is -2.08. The fourth-order valence-electron chi connectivity index (χ4n) is 0.663. The van der Waals surface area contributed by atoms with Crippen molar-refractivity contribution >= 4 is 17.7 Å². The number of hydrogen-bond acceptors (Lipinski definition) is 2. The van der Waals surface area contributed by atoms with Crippen LogP contribution in [0.1, 0.15) is 19.8 Å². The number of halogens is 2. The Morgan fingerprint density at radius 1 is 1.58 bits per heavy atom.